The molecule has 1 N–H and O–H groups in total. The first-order valence-corrected chi connectivity index (χ1v) is 7.05. The molecule has 0 bridgehead atoms. The summed E-state index contributed by atoms with van der Waals surface area (Å²) in [6.45, 7) is 0.933. The molecule has 2 rings (SSSR count). The van der Waals surface area contributed by atoms with Gasteiger partial charge in [-0.3, -0.25) is 0 Å². The van der Waals surface area contributed by atoms with E-state index >= 15 is 0 Å². The van der Waals surface area contributed by atoms with Gasteiger partial charge in [0.2, 0.25) is 5.09 Å². The van der Waals surface area contributed by atoms with Gasteiger partial charge in [0, 0.05) is 26.7 Å². The predicted octanol–water partition coefficient (Wildman–Crippen LogP) is 0.808. The van der Waals surface area contributed by atoms with E-state index in [4.69, 9.17) is 8.94 Å². The molecule has 104 valence electrons. The van der Waals surface area contributed by atoms with Crippen LogP contribution in [0.25, 0.3) is 0 Å². The molecule has 0 aromatic carbocycles. The van der Waals surface area contributed by atoms with Crippen LogP contribution in [0.1, 0.15) is 11.5 Å². The molecule has 0 fully saturated rings. The van der Waals surface area contributed by atoms with E-state index in [2.05, 4.69) is 10.5 Å². The number of sulfonamides is 1. The molecule has 2 aromatic heterocycles. The highest BCUT2D eigenvalue weighted by Crippen LogP contribution is 2.16. The normalized spacial score (nSPS) is 12.2. The minimum atomic E-state index is -3.51. The molecule has 2 heterocycles. The summed E-state index contributed by atoms with van der Waals surface area (Å²) in [6, 6.07) is 4.83. The zero-order chi connectivity index (χ0) is 13.9. The largest absolute Gasteiger partial charge is 0.447 e. The van der Waals surface area contributed by atoms with Crippen molar-refractivity contribution in [2.45, 2.75) is 18.2 Å². The van der Waals surface area contributed by atoms with Crippen molar-refractivity contribution in [3.05, 3.63) is 35.9 Å². The van der Waals surface area contributed by atoms with E-state index < -0.39 is 10.0 Å². The molecule has 0 unspecified atom stereocenters. The fourth-order valence-electron chi connectivity index (χ4n) is 1.41. The van der Waals surface area contributed by atoms with Crippen LogP contribution in [0.5, 0.6) is 0 Å². The third-order valence-electron chi connectivity index (χ3n) is 2.47. The van der Waals surface area contributed by atoms with Gasteiger partial charge in [0.05, 0.1) is 12.2 Å². The molecule has 0 radical (unpaired) electrons. The van der Waals surface area contributed by atoms with Crippen molar-refractivity contribution < 1.29 is 17.4 Å². The number of hydrogen-bond acceptors (Lipinski definition) is 6. The van der Waals surface area contributed by atoms with Gasteiger partial charge in [0.1, 0.15) is 12.0 Å². The predicted molar refractivity (Wildman–Crippen MR) is 66.6 cm³/mol. The minimum absolute atomic E-state index is 0.0595. The highest BCUT2D eigenvalue weighted by Gasteiger charge is 2.21. The molecule has 2 aromatic rings. The Morgan fingerprint density at radius 1 is 1.26 bits per heavy atom. The smallest absolute Gasteiger partial charge is 0.275 e. The lowest BCUT2D eigenvalue weighted by Gasteiger charge is -2.07. The first-order chi connectivity index (χ1) is 9.00. The van der Waals surface area contributed by atoms with Crippen molar-refractivity contribution in [1.29, 1.82) is 0 Å². The van der Waals surface area contributed by atoms with Crippen LogP contribution in [0, 0.1) is 0 Å². The summed E-state index contributed by atoms with van der Waals surface area (Å²) in [6.07, 6.45) is 1.49. The minimum Gasteiger partial charge on any atom is -0.447 e. The summed E-state index contributed by atoms with van der Waals surface area (Å²) < 4.78 is 34.7. The first-order valence-electron chi connectivity index (χ1n) is 5.61. The van der Waals surface area contributed by atoms with Crippen LogP contribution in [0.4, 0.5) is 0 Å². The maximum atomic E-state index is 11.8. The lowest BCUT2D eigenvalue weighted by molar-refractivity contribution is 0.384. The van der Waals surface area contributed by atoms with Gasteiger partial charge in [-0.15, -0.1) is 0 Å². The van der Waals surface area contributed by atoms with E-state index in [0.717, 1.165) is 10.00 Å². The van der Waals surface area contributed by atoms with Gasteiger partial charge in [-0.05, 0) is 12.1 Å². The number of nitrogens with zero attached hydrogens (tertiary/aromatic N) is 2. The Bertz CT molecular complexity index is 616. The molecular formula is C11H15N3O4S. The molecule has 0 amide bonds. The summed E-state index contributed by atoms with van der Waals surface area (Å²) in [5.74, 6) is 0.545. The van der Waals surface area contributed by atoms with Crippen molar-refractivity contribution >= 4 is 10.0 Å². The molecule has 0 atom stereocenters. The van der Waals surface area contributed by atoms with Crippen molar-refractivity contribution in [2.24, 2.45) is 0 Å². The van der Waals surface area contributed by atoms with Gasteiger partial charge in [-0.1, -0.05) is 5.16 Å². The summed E-state index contributed by atoms with van der Waals surface area (Å²) in [5, 5.41) is 6.76. The average molecular weight is 285 g/mol. The van der Waals surface area contributed by atoms with Crippen LogP contribution < -0.4 is 5.32 Å². The Labute approximate surface area is 111 Å². The van der Waals surface area contributed by atoms with Gasteiger partial charge in [-0.25, -0.2) is 12.7 Å². The van der Waals surface area contributed by atoms with Crippen LogP contribution in [0.2, 0.25) is 0 Å². The van der Waals surface area contributed by atoms with Gasteiger partial charge >= 0.3 is 0 Å². The van der Waals surface area contributed by atoms with Gasteiger partial charge < -0.3 is 14.3 Å². The Kier molecular flexibility index (Phi) is 4.03. The molecular weight excluding hydrogens is 270 g/mol. The van der Waals surface area contributed by atoms with E-state index in [1.165, 1.54) is 26.4 Å². The lowest BCUT2D eigenvalue weighted by atomic mass is 10.4. The topological polar surface area (TPSA) is 88.6 Å². The van der Waals surface area contributed by atoms with Gasteiger partial charge in [-0.2, -0.15) is 0 Å². The quantitative estimate of drug-likeness (QED) is 0.845. The number of nitrogens with one attached hydrogen (secondary N) is 1. The number of hydrogen-bond donors (Lipinski definition) is 1. The average Bonchev–Trinajstić information content (AvgIpc) is 2.99. The second-order valence-electron chi connectivity index (χ2n) is 4.10. The van der Waals surface area contributed by atoms with E-state index in [1.54, 1.807) is 12.1 Å². The summed E-state index contributed by atoms with van der Waals surface area (Å²) in [7, 11) is -0.595. The Morgan fingerprint density at radius 3 is 2.68 bits per heavy atom. The third-order valence-corrected chi connectivity index (χ3v) is 4.16. The summed E-state index contributed by atoms with van der Waals surface area (Å²) in [5.41, 5.74) is 0.771. The third kappa shape index (κ3) is 3.22. The van der Waals surface area contributed by atoms with Crippen molar-refractivity contribution in [2.75, 3.05) is 14.1 Å². The van der Waals surface area contributed by atoms with Crippen molar-refractivity contribution in [1.82, 2.24) is 14.8 Å². The molecule has 8 heteroatoms. The molecule has 0 aliphatic rings. The summed E-state index contributed by atoms with van der Waals surface area (Å²) >= 11 is 0. The molecule has 0 aliphatic carbocycles. The number of aromatic nitrogens is 1. The molecule has 0 saturated carbocycles. The highest BCUT2D eigenvalue weighted by molar-refractivity contribution is 7.88. The fraction of sp³-hybridized carbons (Fsp3) is 0.364. The van der Waals surface area contributed by atoms with Gasteiger partial charge in [0.15, 0.2) is 0 Å². The fourth-order valence-corrected chi connectivity index (χ4v) is 2.23. The van der Waals surface area contributed by atoms with Crippen LogP contribution in [-0.2, 0) is 23.1 Å². The lowest BCUT2D eigenvalue weighted by Crippen LogP contribution is -2.21. The number of rotatable bonds is 6. The number of furan rings is 1. The van der Waals surface area contributed by atoms with Crippen molar-refractivity contribution in [3.63, 3.8) is 0 Å². The second-order valence-corrected chi connectivity index (χ2v) is 6.19. The van der Waals surface area contributed by atoms with Crippen LogP contribution in [-0.4, -0.2) is 32.0 Å². The van der Waals surface area contributed by atoms with Crippen LogP contribution in [0.3, 0.4) is 0 Å². The summed E-state index contributed by atoms with van der Waals surface area (Å²) in [4.78, 5) is 0. The highest BCUT2D eigenvalue weighted by atomic mass is 32.2. The maximum Gasteiger partial charge on any atom is 0.275 e. The zero-order valence-electron chi connectivity index (χ0n) is 10.7. The molecule has 0 spiro atoms. The molecule has 0 saturated heterocycles. The Balaban J connectivity index is 1.94. The monoisotopic (exact) mass is 285 g/mol. The molecule has 7 nitrogen and oxygen atoms in total. The van der Waals surface area contributed by atoms with E-state index in [0.29, 0.717) is 18.8 Å². The Morgan fingerprint density at radius 2 is 2.05 bits per heavy atom. The van der Waals surface area contributed by atoms with E-state index in [-0.39, 0.29) is 5.09 Å². The van der Waals surface area contributed by atoms with Crippen LogP contribution in [0.15, 0.2) is 38.5 Å². The SMILES string of the molecule is CN(C)S(=O)(=O)c1ccc(CNCc2ccon2)o1. The first kappa shape index (κ1) is 13.8. The Hall–Kier alpha value is -1.64. The van der Waals surface area contributed by atoms with E-state index in [9.17, 15) is 8.42 Å². The second kappa shape index (κ2) is 5.55. The standard InChI is InChI=1S/C11H15N3O4S/c1-14(2)19(15,16)11-4-3-10(18-11)8-12-7-9-5-6-17-13-9/h3-6,12H,7-8H2,1-2H3. The van der Waals surface area contributed by atoms with Gasteiger partial charge in [0.25, 0.3) is 10.0 Å². The molecule has 0 aliphatic heterocycles. The molecule has 19 heavy (non-hydrogen) atoms. The maximum absolute atomic E-state index is 11.8. The van der Waals surface area contributed by atoms with Crippen molar-refractivity contribution in [3.8, 4) is 0 Å². The van der Waals surface area contributed by atoms with E-state index in [1.807, 2.05) is 0 Å². The zero-order valence-corrected chi connectivity index (χ0v) is 11.5. The van der Waals surface area contributed by atoms with Crippen LogP contribution >= 0.6 is 0 Å².